The van der Waals surface area contributed by atoms with Crippen LogP contribution < -0.4 is 5.32 Å². The quantitative estimate of drug-likeness (QED) is 0.782. The van der Waals surface area contributed by atoms with Crippen LogP contribution in [0.15, 0.2) is 35.7 Å². The molecule has 0 radical (unpaired) electrons. The van der Waals surface area contributed by atoms with Crippen LogP contribution in [0, 0.1) is 11.6 Å². The van der Waals surface area contributed by atoms with Crippen molar-refractivity contribution in [2.24, 2.45) is 0 Å². The zero-order chi connectivity index (χ0) is 15.9. The van der Waals surface area contributed by atoms with Crippen molar-refractivity contribution in [2.45, 2.75) is 25.7 Å². The van der Waals surface area contributed by atoms with Gasteiger partial charge in [-0.15, -0.1) is 11.3 Å². The Hall–Kier alpha value is -1.34. The largest absolute Gasteiger partial charge is 0.389 e. The van der Waals surface area contributed by atoms with Crippen LogP contribution >= 0.6 is 11.3 Å². The number of nitrogens with one attached hydrogen (secondary N) is 1. The topological polar surface area (TPSA) is 41.5 Å². The minimum Gasteiger partial charge on any atom is -0.389 e. The van der Waals surface area contributed by atoms with E-state index in [0.29, 0.717) is 6.61 Å². The number of aliphatic hydroxyl groups is 1. The summed E-state index contributed by atoms with van der Waals surface area (Å²) in [4.78, 5) is 1.09. The zero-order valence-corrected chi connectivity index (χ0v) is 13.1. The summed E-state index contributed by atoms with van der Waals surface area (Å²) in [5.41, 5.74) is 0.242. The highest BCUT2D eigenvalue weighted by Gasteiger charge is 2.15. The van der Waals surface area contributed by atoms with Gasteiger partial charge in [0.05, 0.1) is 19.3 Å². The van der Waals surface area contributed by atoms with Crippen molar-refractivity contribution < 1.29 is 18.6 Å². The van der Waals surface area contributed by atoms with Gasteiger partial charge < -0.3 is 15.2 Å². The summed E-state index contributed by atoms with van der Waals surface area (Å²) in [5, 5.41) is 14.8. The lowest BCUT2D eigenvalue weighted by Crippen LogP contribution is -2.32. The number of rotatable bonds is 8. The molecule has 1 aromatic heterocycles. The van der Waals surface area contributed by atoms with Crippen LogP contribution in [-0.2, 0) is 11.3 Å². The van der Waals surface area contributed by atoms with E-state index < -0.39 is 23.8 Å². The molecule has 0 saturated heterocycles. The van der Waals surface area contributed by atoms with E-state index in [-0.39, 0.29) is 18.7 Å². The van der Waals surface area contributed by atoms with Crippen LogP contribution in [-0.4, -0.2) is 24.4 Å². The minimum absolute atomic E-state index is 0.184. The average molecular weight is 327 g/mol. The van der Waals surface area contributed by atoms with Gasteiger partial charge in [-0.05, 0) is 24.4 Å². The lowest BCUT2D eigenvalue weighted by molar-refractivity contribution is 0.0287. The second-order valence-electron chi connectivity index (χ2n) is 5.02. The molecule has 0 aliphatic heterocycles. The molecule has 3 nitrogen and oxygen atoms in total. The minimum atomic E-state index is -0.869. The highest BCUT2D eigenvalue weighted by molar-refractivity contribution is 7.09. The summed E-state index contributed by atoms with van der Waals surface area (Å²) >= 11 is 1.59. The lowest BCUT2D eigenvalue weighted by atomic mass is 10.1. The summed E-state index contributed by atoms with van der Waals surface area (Å²) in [5.74, 6) is -1.73. The molecule has 2 aromatic rings. The number of aliphatic hydroxyl groups excluding tert-OH is 1. The standard InChI is InChI=1S/C16H19F2NO2S/c1-11(14-5-2-6-15(17)16(14)18)19-8-12(20)9-21-10-13-4-3-7-22-13/h2-7,11-12,19-20H,8-10H2,1H3. The molecular weight excluding hydrogens is 308 g/mol. The number of halogens is 2. The molecule has 0 spiro atoms. The fourth-order valence-corrected chi connectivity index (χ4v) is 2.67. The normalized spacial score (nSPS) is 14.0. The Balaban J connectivity index is 1.73. The Bertz CT molecular complexity index is 578. The van der Waals surface area contributed by atoms with E-state index in [9.17, 15) is 13.9 Å². The van der Waals surface area contributed by atoms with Crippen molar-refractivity contribution in [3.8, 4) is 0 Å². The third kappa shape index (κ3) is 4.84. The fraction of sp³-hybridized carbons (Fsp3) is 0.375. The Labute approximate surface area is 132 Å². The summed E-state index contributed by atoms with van der Waals surface area (Å²) in [6.07, 6.45) is -0.709. The Morgan fingerprint density at radius 2 is 2.09 bits per heavy atom. The Morgan fingerprint density at radius 1 is 1.27 bits per heavy atom. The second-order valence-corrected chi connectivity index (χ2v) is 6.05. The predicted molar refractivity (Wildman–Crippen MR) is 82.8 cm³/mol. The smallest absolute Gasteiger partial charge is 0.163 e. The molecule has 22 heavy (non-hydrogen) atoms. The molecule has 2 N–H and O–H groups in total. The van der Waals surface area contributed by atoms with Gasteiger partial charge >= 0.3 is 0 Å². The third-order valence-corrected chi connectivity index (χ3v) is 4.09. The van der Waals surface area contributed by atoms with E-state index in [1.54, 1.807) is 18.3 Å². The fourth-order valence-electron chi connectivity index (χ4n) is 2.03. The summed E-state index contributed by atoms with van der Waals surface area (Å²) < 4.78 is 32.2. The molecule has 2 rings (SSSR count). The van der Waals surface area contributed by atoms with Gasteiger partial charge in [-0.1, -0.05) is 18.2 Å². The van der Waals surface area contributed by atoms with E-state index >= 15 is 0 Å². The highest BCUT2D eigenvalue weighted by atomic mass is 32.1. The molecule has 120 valence electrons. The molecule has 6 heteroatoms. The van der Waals surface area contributed by atoms with Crippen LogP contribution in [0.2, 0.25) is 0 Å². The summed E-state index contributed by atoms with van der Waals surface area (Å²) in [6, 6.07) is 7.57. The van der Waals surface area contributed by atoms with Gasteiger partial charge in [0.1, 0.15) is 0 Å². The van der Waals surface area contributed by atoms with Crippen molar-refractivity contribution in [2.75, 3.05) is 13.2 Å². The third-order valence-electron chi connectivity index (χ3n) is 3.24. The Kier molecular flexibility index (Phi) is 6.45. The van der Waals surface area contributed by atoms with Gasteiger partial charge in [0.2, 0.25) is 0 Å². The molecule has 0 aliphatic rings. The first-order chi connectivity index (χ1) is 10.6. The van der Waals surface area contributed by atoms with Crippen LogP contribution in [0.4, 0.5) is 8.78 Å². The van der Waals surface area contributed by atoms with Crippen LogP contribution in [0.3, 0.4) is 0 Å². The number of hydrogen-bond donors (Lipinski definition) is 2. The van der Waals surface area contributed by atoms with Crippen LogP contribution in [0.1, 0.15) is 23.4 Å². The molecule has 1 aromatic carbocycles. The van der Waals surface area contributed by atoms with Gasteiger partial charge in [-0.3, -0.25) is 0 Å². The highest BCUT2D eigenvalue weighted by Crippen LogP contribution is 2.18. The molecule has 0 bridgehead atoms. The molecule has 1 heterocycles. The van der Waals surface area contributed by atoms with Gasteiger partial charge in [-0.2, -0.15) is 0 Å². The van der Waals surface area contributed by atoms with E-state index in [1.165, 1.54) is 12.1 Å². The monoisotopic (exact) mass is 327 g/mol. The first-order valence-electron chi connectivity index (χ1n) is 7.03. The second kappa shape index (κ2) is 8.33. The molecular formula is C16H19F2NO2S. The number of ether oxygens (including phenoxy) is 1. The first kappa shape index (κ1) is 17.0. The maximum absolute atomic E-state index is 13.6. The van der Waals surface area contributed by atoms with Crippen molar-refractivity contribution >= 4 is 11.3 Å². The molecule has 0 amide bonds. The van der Waals surface area contributed by atoms with Crippen LogP contribution in [0.5, 0.6) is 0 Å². The van der Waals surface area contributed by atoms with E-state index in [1.807, 2.05) is 17.5 Å². The predicted octanol–water partition coefficient (Wildman–Crippen LogP) is 3.25. The SMILES string of the molecule is CC(NCC(O)COCc1cccs1)c1cccc(F)c1F. The lowest BCUT2D eigenvalue weighted by Gasteiger charge is -2.18. The first-order valence-corrected chi connectivity index (χ1v) is 7.91. The zero-order valence-electron chi connectivity index (χ0n) is 12.3. The van der Waals surface area contributed by atoms with E-state index in [2.05, 4.69) is 5.32 Å². The van der Waals surface area contributed by atoms with Crippen molar-refractivity contribution in [3.63, 3.8) is 0 Å². The maximum atomic E-state index is 13.6. The van der Waals surface area contributed by atoms with Gasteiger partial charge in [0.15, 0.2) is 11.6 Å². The average Bonchev–Trinajstić information content (AvgIpc) is 3.01. The summed E-state index contributed by atoms with van der Waals surface area (Å²) in [6.45, 7) is 2.60. The molecule has 2 unspecified atom stereocenters. The van der Waals surface area contributed by atoms with Crippen molar-refractivity contribution in [3.05, 3.63) is 57.8 Å². The molecule has 0 aliphatic carbocycles. The number of thiophene rings is 1. The van der Waals surface area contributed by atoms with Gasteiger partial charge in [-0.25, -0.2) is 8.78 Å². The van der Waals surface area contributed by atoms with E-state index in [4.69, 9.17) is 4.74 Å². The summed E-state index contributed by atoms with van der Waals surface area (Å²) in [7, 11) is 0. The Morgan fingerprint density at radius 3 is 2.82 bits per heavy atom. The van der Waals surface area contributed by atoms with Crippen molar-refractivity contribution in [1.29, 1.82) is 0 Å². The number of hydrogen-bond acceptors (Lipinski definition) is 4. The van der Waals surface area contributed by atoms with E-state index in [0.717, 1.165) is 10.9 Å². The van der Waals surface area contributed by atoms with Crippen LogP contribution in [0.25, 0.3) is 0 Å². The van der Waals surface area contributed by atoms with Crippen molar-refractivity contribution in [1.82, 2.24) is 5.32 Å². The van der Waals surface area contributed by atoms with Gasteiger partial charge in [0.25, 0.3) is 0 Å². The molecule has 2 atom stereocenters. The molecule has 0 saturated carbocycles. The van der Waals surface area contributed by atoms with Gasteiger partial charge in [0, 0.05) is 23.0 Å². The maximum Gasteiger partial charge on any atom is 0.163 e. The molecule has 0 fully saturated rings. The number of benzene rings is 1.